The highest BCUT2D eigenvalue weighted by atomic mass is 19.1. The Kier molecular flexibility index (Phi) is 5.30. The number of aliphatic hydroxyl groups excluding tert-OH is 1. The minimum Gasteiger partial charge on any atom is -0.444 e. The minimum atomic E-state index is -0.601. The molecule has 0 aromatic heterocycles. The van der Waals surface area contributed by atoms with Crippen LogP contribution in [-0.2, 0) is 4.74 Å². The fourth-order valence-electron chi connectivity index (χ4n) is 1.62. The zero-order valence-corrected chi connectivity index (χ0v) is 11.4. The monoisotopic (exact) mass is 269 g/mol. The molecule has 0 bridgehead atoms. The normalized spacial score (nSPS) is 12.9. The van der Waals surface area contributed by atoms with E-state index in [0.29, 0.717) is 12.0 Å². The Hall–Kier alpha value is -1.62. The predicted octanol–water partition coefficient (Wildman–Crippen LogP) is 2.77. The van der Waals surface area contributed by atoms with E-state index >= 15 is 0 Å². The highest BCUT2D eigenvalue weighted by Crippen LogP contribution is 2.18. The number of hydrogen-bond acceptors (Lipinski definition) is 3. The first-order valence-corrected chi connectivity index (χ1v) is 6.17. The maximum Gasteiger partial charge on any atom is 0.408 e. The van der Waals surface area contributed by atoms with Crippen LogP contribution >= 0.6 is 0 Å². The first kappa shape index (κ1) is 15.4. The zero-order chi connectivity index (χ0) is 14.5. The molecule has 0 radical (unpaired) electrons. The SMILES string of the molecule is CC(C)(C)OC(=O)N[C@H](CCO)c1cccc(F)c1. The van der Waals surface area contributed by atoms with Gasteiger partial charge in [0.1, 0.15) is 11.4 Å². The zero-order valence-electron chi connectivity index (χ0n) is 11.4. The van der Waals surface area contributed by atoms with E-state index in [1.54, 1.807) is 32.9 Å². The Labute approximate surface area is 112 Å². The standard InChI is InChI=1S/C14H20FNO3/c1-14(2,3)19-13(18)16-12(7-8-17)10-5-4-6-11(15)9-10/h4-6,9,12,17H,7-8H2,1-3H3,(H,16,18)/t12-/m1/s1. The van der Waals surface area contributed by atoms with Gasteiger partial charge >= 0.3 is 6.09 Å². The van der Waals surface area contributed by atoms with Gasteiger partial charge in [0, 0.05) is 6.61 Å². The molecule has 0 saturated carbocycles. The van der Waals surface area contributed by atoms with Gasteiger partial charge in [-0.15, -0.1) is 0 Å². The summed E-state index contributed by atoms with van der Waals surface area (Å²) in [6.45, 7) is 5.17. The van der Waals surface area contributed by atoms with Gasteiger partial charge < -0.3 is 15.2 Å². The van der Waals surface area contributed by atoms with Crippen molar-refractivity contribution < 1.29 is 19.0 Å². The van der Waals surface area contributed by atoms with Crippen LogP contribution in [0.25, 0.3) is 0 Å². The van der Waals surface area contributed by atoms with Gasteiger partial charge in [-0.25, -0.2) is 9.18 Å². The van der Waals surface area contributed by atoms with E-state index in [-0.39, 0.29) is 12.4 Å². The molecule has 0 fully saturated rings. The van der Waals surface area contributed by atoms with Crippen LogP contribution in [-0.4, -0.2) is 23.4 Å². The molecule has 106 valence electrons. The third kappa shape index (κ3) is 5.70. The van der Waals surface area contributed by atoms with E-state index < -0.39 is 17.7 Å². The lowest BCUT2D eigenvalue weighted by molar-refractivity contribution is 0.0496. The molecule has 1 atom stereocenters. The number of hydrogen-bond donors (Lipinski definition) is 2. The van der Waals surface area contributed by atoms with Crippen molar-refractivity contribution in [2.24, 2.45) is 0 Å². The largest absolute Gasteiger partial charge is 0.444 e. The molecular weight excluding hydrogens is 249 g/mol. The van der Waals surface area contributed by atoms with Crippen LogP contribution in [0, 0.1) is 5.82 Å². The van der Waals surface area contributed by atoms with Crippen molar-refractivity contribution in [3.05, 3.63) is 35.6 Å². The molecule has 0 aliphatic rings. The number of halogens is 1. The highest BCUT2D eigenvalue weighted by molar-refractivity contribution is 5.68. The molecular formula is C14H20FNO3. The van der Waals surface area contributed by atoms with Gasteiger partial charge in [0.25, 0.3) is 0 Å². The highest BCUT2D eigenvalue weighted by Gasteiger charge is 2.20. The number of aliphatic hydroxyl groups is 1. The smallest absolute Gasteiger partial charge is 0.408 e. The van der Waals surface area contributed by atoms with Crippen molar-refractivity contribution in [1.29, 1.82) is 0 Å². The number of ether oxygens (including phenoxy) is 1. The van der Waals surface area contributed by atoms with Crippen LogP contribution in [0.1, 0.15) is 38.8 Å². The second kappa shape index (κ2) is 6.52. The minimum absolute atomic E-state index is 0.114. The van der Waals surface area contributed by atoms with E-state index in [1.165, 1.54) is 12.1 Å². The second-order valence-electron chi connectivity index (χ2n) is 5.27. The summed E-state index contributed by atoms with van der Waals surface area (Å²) in [6.07, 6.45) is -0.293. The van der Waals surface area contributed by atoms with Crippen molar-refractivity contribution in [1.82, 2.24) is 5.32 Å². The average molecular weight is 269 g/mol. The van der Waals surface area contributed by atoms with Gasteiger partial charge in [-0.2, -0.15) is 0 Å². The molecule has 4 nitrogen and oxygen atoms in total. The van der Waals surface area contributed by atoms with Crippen molar-refractivity contribution in [3.63, 3.8) is 0 Å². The molecule has 0 unspecified atom stereocenters. The third-order valence-electron chi connectivity index (χ3n) is 2.36. The first-order chi connectivity index (χ1) is 8.81. The maximum absolute atomic E-state index is 13.2. The van der Waals surface area contributed by atoms with Crippen molar-refractivity contribution in [2.75, 3.05) is 6.61 Å². The molecule has 1 rings (SSSR count). The van der Waals surface area contributed by atoms with Crippen LogP contribution in [0.3, 0.4) is 0 Å². The Bertz CT molecular complexity index is 429. The summed E-state index contributed by atoms with van der Waals surface area (Å²) in [5.41, 5.74) is -0.00426. The molecule has 19 heavy (non-hydrogen) atoms. The van der Waals surface area contributed by atoms with Gasteiger partial charge in [0.2, 0.25) is 0 Å². The number of benzene rings is 1. The first-order valence-electron chi connectivity index (χ1n) is 6.17. The molecule has 5 heteroatoms. The van der Waals surface area contributed by atoms with E-state index in [4.69, 9.17) is 9.84 Å². The number of alkyl carbamates (subject to hydrolysis) is 1. The maximum atomic E-state index is 13.2. The van der Waals surface area contributed by atoms with E-state index in [2.05, 4.69) is 5.32 Å². The van der Waals surface area contributed by atoms with Gasteiger partial charge in [0.05, 0.1) is 6.04 Å². The van der Waals surface area contributed by atoms with Crippen molar-refractivity contribution in [2.45, 2.75) is 38.8 Å². The van der Waals surface area contributed by atoms with Crippen LogP contribution < -0.4 is 5.32 Å². The molecule has 0 heterocycles. The summed E-state index contributed by atoms with van der Waals surface area (Å²) in [4.78, 5) is 11.7. The summed E-state index contributed by atoms with van der Waals surface area (Å²) < 4.78 is 18.3. The summed E-state index contributed by atoms with van der Waals surface area (Å²) in [5, 5.41) is 11.7. The predicted molar refractivity (Wildman–Crippen MR) is 70.2 cm³/mol. The second-order valence-corrected chi connectivity index (χ2v) is 5.27. The van der Waals surface area contributed by atoms with E-state index in [0.717, 1.165) is 0 Å². The van der Waals surface area contributed by atoms with Crippen LogP contribution in [0.5, 0.6) is 0 Å². The summed E-state index contributed by atoms with van der Waals surface area (Å²) in [7, 11) is 0. The van der Waals surface area contributed by atoms with Crippen molar-refractivity contribution >= 4 is 6.09 Å². The molecule has 0 saturated heterocycles. The molecule has 1 aromatic rings. The number of rotatable bonds is 4. The fourth-order valence-corrected chi connectivity index (χ4v) is 1.62. The molecule has 1 aromatic carbocycles. The lowest BCUT2D eigenvalue weighted by atomic mass is 10.0. The molecule has 0 spiro atoms. The Morgan fingerprint density at radius 2 is 2.16 bits per heavy atom. The van der Waals surface area contributed by atoms with E-state index in [1.807, 2.05) is 0 Å². The quantitative estimate of drug-likeness (QED) is 0.883. The number of carbonyl (C=O) groups is 1. The lowest BCUT2D eigenvalue weighted by Crippen LogP contribution is -2.35. The van der Waals surface area contributed by atoms with Crippen molar-refractivity contribution in [3.8, 4) is 0 Å². The van der Waals surface area contributed by atoms with Gasteiger partial charge in [-0.1, -0.05) is 12.1 Å². The van der Waals surface area contributed by atoms with E-state index in [9.17, 15) is 9.18 Å². The lowest BCUT2D eigenvalue weighted by Gasteiger charge is -2.23. The van der Waals surface area contributed by atoms with Crippen LogP contribution in [0.2, 0.25) is 0 Å². The third-order valence-corrected chi connectivity index (χ3v) is 2.36. The Morgan fingerprint density at radius 3 is 2.68 bits per heavy atom. The molecule has 0 aliphatic carbocycles. The Balaban J connectivity index is 2.76. The van der Waals surface area contributed by atoms with Gasteiger partial charge in [0.15, 0.2) is 0 Å². The van der Waals surface area contributed by atoms with Crippen LogP contribution in [0.15, 0.2) is 24.3 Å². The molecule has 2 N–H and O–H groups in total. The van der Waals surface area contributed by atoms with Gasteiger partial charge in [-0.3, -0.25) is 0 Å². The topological polar surface area (TPSA) is 58.6 Å². The molecule has 1 amide bonds. The fraction of sp³-hybridized carbons (Fsp3) is 0.500. The summed E-state index contributed by atoms with van der Waals surface area (Å²) in [5.74, 6) is -0.383. The van der Waals surface area contributed by atoms with Gasteiger partial charge in [-0.05, 0) is 44.9 Å². The number of amides is 1. The van der Waals surface area contributed by atoms with Crippen LogP contribution in [0.4, 0.5) is 9.18 Å². The summed E-state index contributed by atoms with van der Waals surface area (Å²) in [6, 6.07) is 5.44. The molecule has 0 aliphatic heterocycles. The summed E-state index contributed by atoms with van der Waals surface area (Å²) >= 11 is 0. The number of carbonyl (C=O) groups excluding carboxylic acids is 1. The Morgan fingerprint density at radius 1 is 1.47 bits per heavy atom. The number of nitrogens with one attached hydrogen (secondary N) is 1. The average Bonchev–Trinajstić information content (AvgIpc) is 2.26.